The van der Waals surface area contributed by atoms with Crippen LogP contribution >= 0.6 is 0 Å². The third kappa shape index (κ3) is 2.92. The van der Waals surface area contributed by atoms with Crippen LogP contribution in [0, 0.1) is 5.82 Å². The smallest absolute Gasteiger partial charge is 0.182 e. The van der Waals surface area contributed by atoms with Crippen LogP contribution < -0.4 is 5.32 Å². The van der Waals surface area contributed by atoms with Crippen LogP contribution in [-0.2, 0) is 0 Å². The highest BCUT2D eigenvalue weighted by Gasteiger charge is 2.32. The van der Waals surface area contributed by atoms with Gasteiger partial charge in [0.05, 0.1) is 35.3 Å². The molecule has 1 unspecified atom stereocenters. The van der Waals surface area contributed by atoms with Crippen LogP contribution in [0.1, 0.15) is 43.1 Å². The van der Waals surface area contributed by atoms with E-state index in [1.54, 1.807) is 24.8 Å². The molecule has 0 radical (unpaired) electrons. The third-order valence-electron chi connectivity index (χ3n) is 5.68. The SMILES string of the molecule is CC(Nc1ncnc2nc[nH]c12)c1nc2ccc(F)c(C3CC3)c2n1-c1cccnc1. The quantitative estimate of drug-likeness (QED) is 0.446. The summed E-state index contributed by atoms with van der Waals surface area (Å²) in [5.74, 6) is 1.44. The summed E-state index contributed by atoms with van der Waals surface area (Å²) in [6.45, 7) is 2.01. The highest BCUT2D eigenvalue weighted by Crippen LogP contribution is 2.45. The van der Waals surface area contributed by atoms with E-state index in [4.69, 9.17) is 4.98 Å². The number of aromatic amines is 1. The van der Waals surface area contributed by atoms with Crippen LogP contribution in [0.5, 0.6) is 0 Å². The number of nitrogens with zero attached hydrogens (tertiary/aromatic N) is 6. The number of fused-ring (bicyclic) bond motifs is 2. The predicted octanol–water partition coefficient (Wildman–Crippen LogP) is 4.28. The number of hydrogen-bond acceptors (Lipinski definition) is 6. The maximum atomic E-state index is 14.9. The van der Waals surface area contributed by atoms with Crippen LogP contribution in [0.15, 0.2) is 49.3 Å². The lowest BCUT2D eigenvalue weighted by molar-refractivity contribution is 0.612. The molecule has 8 nitrogen and oxygen atoms in total. The number of aromatic nitrogens is 7. The number of pyridine rings is 1. The average molecular weight is 414 g/mol. The fraction of sp³-hybridized carbons (Fsp3) is 0.227. The van der Waals surface area contributed by atoms with Crippen LogP contribution in [0.2, 0.25) is 0 Å². The van der Waals surface area contributed by atoms with Gasteiger partial charge in [-0.2, -0.15) is 0 Å². The first-order valence-electron chi connectivity index (χ1n) is 10.2. The fourth-order valence-corrected chi connectivity index (χ4v) is 4.13. The zero-order valence-corrected chi connectivity index (χ0v) is 16.7. The summed E-state index contributed by atoms with van der Waals surface area (Å²) in [6, 6.07) is 6.87. The third-order valence-corrected chi connectivity index (χ3v) is 5.68. The van der Waals surface area contributed by atoms with Gasteiger partial charge in [0.25, 0.3) is 0 Å². The number of halogens is 1. The van der Waals surface area contributed by atoms with Gasteiger partial charge in [-0.25, -0.2) is 24.3 Å². The standard InChI is InChI=1S/C22H19FN8/c1-12(29-21-18-20(26-10-25-18)27-11-28-21)22-30-16-7-6-15(23)17(13-4-5-13)19(16)31(22)14-3-2-8-24-9-14/h2-3,6-13H,4-5H2,1H3,(H2,25,26,27,28,29). The molecule has 1 aliphatic rings. The molecule has 154 valence electrons. The maximum absolute atomic E-state index is 14.9. The Morgan fingerprint density at radius 1 is 1.19 bits per heavy atom. The molecule has 1 atom stereocenters. The number of benzene rings is 1. The summed E-state index contributed by atoms with van der Waals surface area (Å²) >= 11 is 0. The van der Waals surface area contributed by atoms with E-state index in [2.05, 4.69) is 30.2 Å². The van der Waals surface area contributed by atoms with E-state index < -0.39 is 0 Å². The lowest BCUT2D eigenvalue weighted by atomic mass is 10.1. The van der Waals surface area contributed by atoms with Gasteiger partial charge >= 0.3 is 0 Å². The van der Waals surface area contributed by atoms with Crippen molar-refractivity contribution in [3.8, 4) is 5.69 Å². The molecular weight excluding hydrogens is 395 g/mol. The monoisotopic (exact) mass is 414 g/mol. The highest BCUT2D eigenvalue weighted by molar-refractivity contribution is 5.84. The number of hydrogen-bond donors (Lipinski definition) is 2. The van der Waals surface area contributed by atoms with E-state index in [1.807, 2.05) is 23.6 Å². The summed E-state index contributed by atoms with van der Waals surface area (Å²) in [6.07, 6.45) is 8.55. The lowest BCUT2D eigenvalue weighted by Crippen LogP contribution is -2.14. The molecule has 0 saturated heterocycles. The fourth-order valence-electron chi connectivity index (χ4n) is 4.13. The van der Waals surface area contributed by atoms with Crippen LogP contribution in [0.25, 0.3) is 27.9 Å². The Kier molecular flexibility index (Phi) is 3.95. The molecule has 1 fully saturated rings. The Hall–Kier alpha value is -3.88. The van der Waals surface area contributed by atoms with Crippen molar-refractivity contribution in [2.24, 2.45) is 0 Å². The topological polar surface area (TPSA) is 97.2 Å². The molecule has 6 rings (SSSR count). The molecule has 0 amide bonds. The zero-order chi connectivity index (χ0) is 20.9. The molecule has 0 aliphatic heterocycles. The molecule has 0 bridgehead atoms. The molecule has 4 aromatic heterocycles. The zero-order valence-electron chi connectivity index (χ0n) is 16.7. The van der Waals surface area contributed by atoms with Gasteiger partial charge in [0.15, 0.2) is 11.5 Å². The summed E-state index contributed by atoms with van der Waals surface area (Å²) in [5.41, 5.74) is 4.48. The van der Waals surface area contributed by atoms with Gasteiger partial charge in [-0.15, -0.1) is 0 Å². The molecule has 1 aromatic carbocycles. The largest absolute Gasteiger partial charge is 0.358 e. The minimum atomic E-state index is -0.232. The number of anilines is 1. The predicted molar refractivity (Wildman–Crippen MR) is 115 cm³/mol. The van der Waals surface area contributed by atoms with Crippen molar-refractivity contribution in [2.45, 2.75) is 31.7 Å². The van der Waals surface area contributed by atoms with Gasteiger partial charge in [-0.1, -0.05) is 0 Å². The number of imidazole rings is 2. The summed E-state index contributed by atoms with van der Waals surface area (Å²) in [4.78, 5) is 25.0. The van der Waals surface area contributed by atoms with Crippen LogP contribution in [-0.4, -0.2) is 34.5 Å². The lowest BCUT2D eigenvalue weighted by Gasteiger charge is -2.17. The number of rotatable bonds is 5. The second-order valence-corrected chi connectivity index (χ2v) is 7.81. The van der Waals surface area contributed by atoms with Crippen LogP contribution in [0.4, 0.5) is 10.2 Å². The van der Waals surface area contributed by atoms with Gasteiger partial charge in [0.2, 0.25) is 0 Å². The Labute approximate surface area is 176 Å². The maximum Gasteiger partial charge on any atom is 0.182 e. The van der Waals surface area contributed by atoms with Crippen molar-refractivity contribution in [2.75, 3.05) is 5.32 Å². The molecular formula is C22H19FN8. The van der Waals surface area contributed by atoms with Gasteiger partial charge in [0, 0.05) is 11.8 Å². The Morgan fingerprint density at radius 3 is 2.90 bits per heavy atom. The van der Waals surface area contributed by atoms with E-state index in [1.165, 1.54) is 12.4 Å². The van der Waals surface area contributed by atoms with E-state index in [0.29, 0.717) is 11.5 Å². The van der Waals surface area contributed by atoms with Crippen LogP contribution in [0.3, 0.4) is 0 Å². The van der Waals surface area contributed by atoms with Gasteiger partial charge in [-0.05, 0) is 49.9 Å². The summed E-state index contributed by atoms with van der Waals surface area (Å²) < 4.78 is 16.9. The Bertz CT molecular complexity index is 1400. The highest BCUT2D eigenvalue weighted by atomic mass is 19.1. The molecule has 2 N–H and O–H groups in total. The second kappa shape index (κ2) is 6.83. The van der Waals surface area contributed by atoms with Crippen molar-refractivity contribution < 1.29 is 4.39 Å². The molecule has 0 spiro atoms. The number of nitrogens with one attached hydrogen (secondary N) is 2. The van der Waals surface area contributed by atoms with E-state index in [9.17, 15) is 4.39 Å². The molecule has 4 heterocycles. The Balaban J connectivity index is 1.54. The van der Waals surface area contributed by atoms with Crippen molar-refractivity contribution >= 4 is 28.0 Å². The first kappa shape index (κ1) is 17.9. The van der Waals surface area contributed by atoms with Crippen molar-refractivity contribution in [3.05, 3.63) is 66.5 Å². The average Bonchev–Trinajstić information content (AvgIpc) is 3.36. The second-order valence-electron chi connectivity index (χ2n) is 7.81. The van der Waals surface area contributed by atoms with Gasteiger partial charge in [-0.3, -0.25) is 9.55 Å². The molecule has 1 saturated carbocycles. The first-order chi connectivity index (χ1) is 15.2. The van der Waals surface area contributed by atoms with Gasteiger partial charge in [0.1, 0.15) is 23.5 Å². The van der Waals surface area contributed by atoms with Gasteiger partial charge < -0.3 is 10.3 Å². The van der Waals surface area contributed by atoms with Crippen molar-refractivity contribution in [1.29, 1.82) is 0 Å². The summed E-state index contributed by atoms with van der Waals surface area (Å²) in [5, 5.41) is 3.42. The molecule has 5 aromatic rings. The van der Waals surface area contributed by atoms with E-state index in [0.717, 1.165) is 46.5 Å². The molecule has 31 heavy (non-hydrogen) atoms. The van der Waals surface area contributed by atoms with Crippen molar-refractivity contribution in [1.82, 2.24) is 34.5 Å². The molecule has 9 heteroatoms. The van der Waals surface area contributed by atoms with E-state index in [-0.39, 0.29) is 17.8 Å². The molecule has 1 aliphatic carbocycles. The minimum Gasteiger partial charge on any atom is -0.358 e. The normalized spacial score (nSPS) is 14.9. The van der Waals surface area contributed by atoms with E-state index >= 15 is 0 Å². The Morgan fingerprint density at radius 2 is 2.10 bits per heavy atom. The number of H-pyrrole nitrogens is 1. The van der Waals surface area contributed by atoms with Crippen molar-refractivity contribution in [3.63, 3.8) is 0 Å². The minimum absolute atomic E-state index is 0.179. The first-order valence-corrected chi connectivity index (χ1v) is 10.2. The summed E-state index contributed by atoms with van der Waals surface area (Å²) in [7, 11) is 0.